The molecule has 1 fully saturated rings. The van der Waals surface area contributed by atoms with E-state index in [9.17, 15) is 4.39 Å². The van der Waals surface area contributed by atoms with Gasteiger partial charge in [-0.05, 0) is 20.0 Å². The van der Waals surface area contributed by atoms with Crippen molar-refractivity contribution in [3.63, 3.8) is 0 Å². The lowest BCUT2D eigenvalue weighted by molar-refractivity contribution is 0.0928. The molecule has 0 spiro atoms. The molecular formula is C14H21FN4O. The zero-order chi connectivity index (χ0) is 14.7. The van der Waals surface area contributed by atoms with E-state index in [0.717, 1.165) is 19.6 Å². The van der Waals surface area contributed by atoms with E-state index in [1.54, 1.807) is 12.1 Å². The first-order valence-corrected chi connectivity index (χ1v) is 6.70. The summed E-state index contributed by atoms with van der Waals surface area (Å²) in [6, 6.07) is 5.36. The quantitative estimate of drug-likeness (QED) is 0.376. The Bertz CT molecular complexity index is 506. The fraction of sp³-hybridized carbons (Fsp3) is 0.500. The molecule has 0 radical (unpaired) electrons. The number of hydrogen-bond donors (Lipinski definition) is 2. The normalized spacial score (nSPS) is 22.1. The highest BCUT2D eigenvalue weighted by atomic mass is 19.1. The van der Waals surface area contributed by atoms with Crippen molar-refractivity contribution in [2.75, 3.05) is 26.7 Å². The molecule has 0 amide bonds. The Labute approximate surface area is 118 Å². The fourth-order valence-electron chi connectivity index (χ4n) is 2.58. The lowest BCUT2D eigenvalue weighted by atomic mass is 10.1. The molecule has 1 saturated heterocycles. The molecule has 1 aliphatic rings. The number of hydrogen-bond acceptors (Lipinski definition) is 4. The van der Waals surface area contributed by atoms with E-state index in [-0.39, 0.29) is 11.4 Å². The molecule has 110 valence electrons. The molecule has 1 aromatic carbocycles. The summed E-state index contributed by atoms with van der Waals surface area (Å²) in [5, 5.41) is 11.5. The molecule has 1 heterocycles. The summed E-state index contributed by atoms with van der Waals surface area (Å²) < 4.78 is 14.4. The molecule has 6 heteroatoms. The van der Waals surface area contributed by atoms with Gasteiger partial charge in [-0.1, -0.05) is 17.3 Å². The molecule has 1 aliphatic heterocycles. The van der Waals surface area contributed by atoms with Crippen LogP contribution in [0.2, 0.25) is 0 Å². The summed E-state index contributed by atoms with van der Waals surface area (Å²) in [6.07, 6.45) is 0. The minimum absolute atomic E-state index is 0.145. The third-order valence-corrected chi connectivity index (χ3v) is 3.80. The predicted octanol–water partition coefficient (Wildman–Crippen LogP) is 1.06. The van der Waals surface area contributed by atoms with Gasteiger partial charge in [0.25, 0.3) is 0 Å². The van der Waals surface area contributed by atoms with E-state index in [2.05, 4.69) is 28.9 Å². The van der Waals surface area contributed by atoms with Crippen molar-refractivity contribution in [2.24, 2.45) is 10.9 Å². The molecule has 0 aliphatic carbocycles. The molecule has 0 aromatic heterocycles. The van der Waals surface area contributed by atoms with Gasteiger partial charge in [-0.2, -0.15) is 0 Å². The van der Waals surface area contributed by atoms with Crippen LogP contribution in [-0.4, -0.2) is 53.6 Å². The van der Waals surface area contributed by atoms with Crippen molar-refractivity contribution in [3.05, 3.63) is 35.1 Å². The Balaban J connectivity index is 2.18. The van der Waals surface area contributed by atoms with Crippen LogP contribution in [0, 0.1) is 5.82 Å². The van der Waals surface area contributed by atoms with Crippen molar-refractivity contribution >= 4 is 5.84 Å². The average molecular weight is 280 g/mol. The van der Waals surface area contributed by atoms with Gasteiger partial charge in [-0.15, -0.1) is 0 Å². The van der Waals surface area contributed by atoms with Crippen molar-refractivity contribution in [1.82, 2.24) is 9.80 Å². The minimum atomic E-state index is -0.408. The van der Waals surface area contributed by atoms with Crippen molar-refractivity contribution < 1.29 is 9.60 Å². The zero-order valence-corrected chi connectivity index (χ0v) is 11.9. The highest BCUT2D eigenvalue weighted by Crippen LogP contribution is 2.18. The van der Waals surface area contributed by atoms with Gasteiger partial charge >= 0.3 is 0 Å². The van der Waals surface area contributed by atoms with Crippen LogP contribution in [0.3, 0.4) is 0 Å². The lowest BCUT2D eigenvalue weighted by Crippen LogP contribution is -2.49. The monoisotopic (exact) mass is 280 g/mol. The first-order chi connectivity index (χ1) is 9.52. The van der Waals surface area contributed by atoms with E-state index < -0.39 is 5.82 Å². The maximum atomic E-state index is 14.4. The standard InChI is InChI=1S/C14H21FN4O/c1-10-8-18(2)6-7-19(10)9-11-4-3-5-12(13(11)15)14(16)17-20/h3-5,10,20H,6-9H2,1-2H3,(H2,16,17). The zero-order valence-electron chi connectivity index (χ0n) is 11.9. The Kier molecular flexibility index (Phi) is 4.57. The average Bonchev–Trinajstić information content (AvgIpc) is 2.43. The summed E-state index contributed by atoms with van der Waals surface area (Å²) in [5.41, 5.74) is 6.20. The summed E-state index contributed by atoms with van der Waals surface area (Å²) >= 11 is 0. The van der Waals surface area contributed by atoms with E-state index in [4.69, 9.17) is 10.9 Å². The van der Waals surface area contributed by atoms with Gasteiger partial charge in [0.15, 0.2) is 5.84 Å². The van der Waals surface area contributed by atoms with Crippen LogP contribution in [0.1, 0.15) is 18.1 Å². The van der Waals surface area contributed by atoms with E-state index in [1.165, 1.54) is 6.07 Å². The maximum Gasteiger partial charge on any atom is 0.173 e. The fourth-order valence-corrected chi connectivity index (χ4v) is 2.58. The number of likely N-dealkylation sites (N-methyl/N-ethyl adjacent to an activating group) is 1. The Morgan fingerprint density at radius 2 is 2.25 bits per heavy atom. The van der Waals surface area contributed by atoms with Crippen LogP contribution in [0.25, 0.3) is 0 Å². The second-order valence-corrected chi connectivity index (χ2v) is 5.35. The van der Waals surface area contributed by atoms with Gasteiger partial charge in [0.05, 0.1) is 5.56 Å². The second kappa shape index (κ2) is 6.19. The highest BCUT2D eigenvalue weighted by Gasteiger charge is 2.23. The number of amidine groups is 1. The van der Waals surface area contributed by atoms with Gasteiger partial charge in [0.2, 0.25) is 0 Å². The van der Waals surface area contributed by atoms with Crippen molar-refractivity contribution in [1.29, 1.82) is 0 Å². The Hall–Kier alpha value is -1.66. The third-order valence-electron chi connectivity index (χ3n) is 3.80. The number of oxime groups is 1. The van der Waals surface area contributed by atoms with E-state index in [0.29, 0.717) is 18.2 Å². The SMILES string of the molecule is CC1CN(C)CCN1Cc1cccc(/C(N)=N/O)c1F. The molecule has 1 unspecified atom stereocenters. The molecule has 1 aromatic rings. The number of benzene rings is 1. The van der Waals surface area contributed by atoms with Crippen LogP contribution in [0.5, 0.6) is 0 Å². The van der Waals surface area contributed by atoms with Gasteiger partial charge < -0.3 is 15.8 Å². The van der Waals surface area contributed by atoms with Crippen LogP contribution in [0.15, 0.2) is 23.4 Å². The van der Waals surface area contributed by atoms with E-state index in [1.807, 2.05) is 0 Å². The van der Waals surface area contributed by atoms with Crippen LogP contribution >= 0.6 is 0 Å². The molecule has 1 atom stereocenters. The molecule has 0 saturated carbocycles. The smallest absolute Gasteiger partial charge is 0.173 e. The summed E-state index contributed by atoms with van der Waals surface area (Å²) in [4.78, 5) is 4.51. The van der Waals surface area contributed by atoms with Crippen LogP contribution in [-0.2, 0) is 6.54 Å². The number of rotatable bonds is 3. The number of halogens is 1. The molecule has 3 N–H and O–H groups in total. The molecule has 2 rings (SSSR count). The molecule has 0 bridgehead atoms. The molecular weight excluding hydrogens is 259 g/mol. The van der Waals surface area contributed by atoms with E-state index >= 15 is 0 Å². The van der Waals surface area contributed by atoms with Gasteiger partial charge in [-0.3, -0.25) is 4.90 Å². The summed E-state index contributed by atoms with van der Waals surface area (Å²) in [6.45, 7) is 5.53. The van der Waals surface area contributed by atoms with Gasteiger partial charge in [0.1, 0.15) is 5.82 Å². The number of piperazine rings is 1. The lowest BCUT2D eigenvalue weighted by Gasteiger charge is -2.38. The van der Waals surface area contributed by atoms with Gasteiger partial charge in [0, 0.05) is 37.8 Å². The first kappa shape index (κ1) is 14.7. The van der Waals surface area contributed by atoms with Crippen molar-refractivity contribution in [2.45, 2.75) is 19.5 Å². The minimum Gasteiger partial charge on any atom is -0.409 e. The summed E-state index contributed by atoms with van der Waals surface area (Å²) in [5.74, 6) is -0.607. The second-order valence-electron chi connectivity index (χ2n) is 5.35. The largest absolute Gasteiger partial charge is 0.409 e. The topological polar surface area (TPSA) is 65.1 Å². The number of nitrogens with two attached hydrogens (primary N) is 1. The predicted molar refractivity (Wildman–Crippen MR) is 76.3 cm³/mol. The molecule has 20 heavy (non-hydrogen) atoms. The summed E-state index contributed by atoms with van der Waals surface area (Å²) in [7, 11) is 2.09. The van der Waals surface area contributed by atoms with Gasteiger partial charge in [-0.25, -0.2) is 4.39 Å². The van der Waals surface area contributed by atoms with Crippen molar-refractivity contribution in [3.8, 4) is 0 Å². The highest BCUT2D eigenvalue weighted by molar-refractivity contribution is 5.97. The number of nitrogens with zero attached hydrogens (tertiary/aromatic N) is 3. The Morgan fingerprint density at radius 3 is 2.90 bits per heavy atom. The van der Waals surface area contributed by atoms with Crippen LogP contribution < -0.4 is 5.73 Å². The maximum absolute atomic E-state index is 14.4. The van der Waals surface area contributed by atoms with Crippen LogP contribution in [0.4, 0.5) is 4.39 Å². The Morgan fingerprint density at radius 1 is 1.50 bits per heavy atom. The molecule has 5 nitrogen and oxygen atoms in total. The third kappa shape index (κ3) is 3.08. The first-order valence-electron chi connectivity index (χ1n) is 6.70.